The molecule has 0 radical (unpaired) electrons. The molecule has 1 aromatic rings. The highest BCUT2D eigenvalue weighted by atomic mass is 32.2. The predicted octanol–water partition coefficient (Wildman–Crippen LogP) is 3.28. The van der Waals surface area contributed by atoms with E-state index in [0.717, 1.165) is 25.9 Å². The number of nitrogens with one attached hydrogen (secondary N) is 2. The van der Waals surface area contributed by atoms with Gasteiger partial charge < -0.3 is 9.88 Å². The van der Waals surface area contributed by atoms with Crippen molar-refractivity contribution in [1.82, 2.24) is 19.6 Å². The number of imidazole rings is 1. The van der Waals surface area contributed by atoms with Crippen LogP contribution in [0.4, 0.5) is 4.79 Å². The summed E-state index contributed by atoms with van der Waals surface area (Å²) in [4.78, 5) is 21.5. The average Bonchev–Trinajstić information content (AvgIpc) is 3.08. The summed E-state index contributed by atoms with van der Waals surface area (Å²) in [7, 11) is 0. The van der Waals surface area contributed by atoms with Gasteiger partial charge in [-0.25, -0.2) is 4.98 Å². The summed E-state index contributed by atoms with van der Waals surface area (Å²) in [5, 5.41) is 0.184. The van der Waals surface area contributed by atoms with Crippen molar-refractivity contribution in [2.75, 3.05) is 13.1 Å². The first kappa shape index (κ1) is 14.9. The predicted molar refractivity (Wildman–Crippen MR) is 85.1 cm³/mol. The highest BCUT2D eigenvalue weighted by Crippen LogP contribution is 2.28. The van der Waals surface area contributed by atoms with Gasteiger partial charge in [-0.05, 0) is 25.7 Å². The lowest BCUT2D eigenvalue weighted by Crippen LogP contribution is -2.38. The van der Waals surface area contributed by atoms with Crippen molar-refractivity contribution in [2.45, 2.75) is 56.9 Å². The largest absolute Gasteiger partial charge is 0.348 e. The van der Waals surface area contributed by atoms with Gasteiger partial charge in [0.15, 0.2) is 0 Å². The molecule has 2 N–H and O–H groups in total. The summed E-state index contributed by atoms with van der Waals surface area (Å²) in [5.41, 5.74) is 1.20. The number of piperidine rings is 1. The highest BCUT2D eigenvalue weighted by Gasteiger charge is 2.25. The van der Waals surface area contributed by atoms with Crippen LogP contribution >= 0.6 is 11.9 Å². The van der Waals surface area contributed by atoms with Gasteiger partial charge >= 0.3 is 0 Å². The first-order chi connectivity index (χ1) is 10.3. The summed E-state index contributed by atoms with van der Waals surface area (Å²) in [6.45, 7) is 1.70. The Bertz CT molecular complexity index is 437. The molecule has 0 atom stereocenters. The number of aromatic nitrogens is 2. The van der Waals surface area contributed by atoms with Gasteiger partial charge in [0.25, 0.3) is 5.24 Å². The normalized spacial score (nSPS) is 21.6. The van der Waals surface area contributed by atoms with Gasteiger partial charge in [0.2, 0.25) is 0 Å². The summed E-state index contributed by atoms with van der Waals surface area (Å²) in [5.74, 6) is 0.521. The zero-order valence-electron chi connectivity index (χ0n) is 12.4. The first-order valence-electron chi connectivity index (χ1n) is 8.02. The van der Waals surface area contributed by atoms with Crippen molar-refractivity contribution < 1.29 is 4.79 Å². The van der Waals surface area contributed by atoms with Gasteiger partial charge in [0, 0.05) is 48.9 Å². The Hall–Kier alpha value is -1.01. The van der Waals surface area contributed by atoms with Crippen molar-refractivity contribution in [3.63, 3.8) is 0 Å². The molecule has 0 bridgehead atoms. The lowest BCUT2D eigenvalue weighted by Gasteiger charge is -2.31. The molecule has 5 nitrogen and oxygen atoms in total. The Balaban J connectivity index is 1.40. The zero-order chi connectivity index (χ0) is 14.5. The van der Waals surface area contributed by atoms with Gasteiger partial charge in [-0.1, -0.05) is 19.3 Å². The Labute approximate surface area is 130 Å². The molecule has 2 fully saturated rings. The van der Waals surface area contributed by atoms with E-state index in [4.69, 9.17) is 0 Å². The maximum atomic E-state index is 12.2. The fourth-order valence-corrected chi connectivity index (χ4v) is 4.10. The van der Waals surface area contributed by atoms with E-state index in [-0.39, 0.29) is 5.24 Å². The number of hydrogen-bond acceptors (Lipinski definition) is 4. The van der Waals surface area contributed by atoms with E-state index in [9.17, 15) is 4.79 Å². The summed E-state index contributed by atoms with van der Waals surface area (Å²) in [6.07, 6.45) is 12.0. The molecule has 2 heterocycles. The third-order valence-corrected chi connectivity index (χ3v) is 5.51. The first-order valence-corrected chi connectivity index (χ1v) is 8.84. The van der Waals surface area contributed by atoms with E-state index in [2.05, 4.69) is 14.7 Å². The lowest BCUT2D eigenvalue weighted by atomic mass is 9.94. The molecule has 1 aliphatic heterocycles. The Kier molecular flexibility index (Phi) is 5.19. The maximum Gasteiger partial charge on any atom is 0.296 e. The Morgan fingerprint density at radius 3 is 2.67 bits per heavy atom. The number of amides is 1. The number of hydrogen-bond donors (Lipinski definition) is 2. The van der Waals surface area contributed by atoms with E-state index in [1.807, 2.05) is 11.1 Å². The summed E-state index contributed by atoms with van der Waals surface area (Å²) >= 11 is 1.31. The van der Waals surface area contributed by atoms with Crippen molar-refractivity contribution in [3.8, 4) is 0 Å². The van der Waals surface area contributed by atoms with Crippen LogP contribution in [-0.4, -0.2) is 39.2 Å². The number of rotatable bonds is 3. The Morgan fingerprint density at radius 1 is 1.24 bits per heavy atom. The molecule has 0 aromatic carbocycles. The Morgan fingerprint density at radius 2 is 2.00 bits per heavy atom. The molecular weight excluding hydrogens is 284 g/mol. The van der Waals surface area contributed by atoms with Crippen LogP contribution in [0.5, 0.6) is 0 Å². The van der Waals surface area contributed by atoms with Crippen molar-refractivity contribution in [3.05, 3.63) is 18.2 Å². The van der Waals surface area contributed by atoms with Crippen LogP contribution in [0, 0.1) is 0 Å². The number of H-pyrrole nitrogens is 1. The highest BCUT2D eigenvalue weighted by molar-refractivity contribution is 8.11. The van der Waals surface area contributed by atoms with Crippen LogP contribution in [0.1, 0.15) is 56.6 Å². The average molecular weight is 308 g/mol. The minimum absolute atomic E-state index is 0.184. The topological polar surface area (TPSA) is 61.0 Å². The SMILES string of the molecule is O=C(SNC1CCCCC1)N1CCC(c2cnc[nH]2)CC1. The van der Waals surface area contributed by atoms with E-state index in [1.54, 1.807) is 6.33 Å². The fourth-order valence-electron chi connectivity index (χ4n) is 3.28. The van der Waals surface area contributed by atoms with Crippen molar-refractivity contribution >= 4 is 17.2 Å². The van der Waals surface area contributed by atoms with Gasteiger partial charge in [-0.15, -0.1) is 0 Å². The fraction of sp³-hybridized carbons (Fsp3) is 0.733. The molecule has 21 heavy (non-hydrogen) atoms. The molecule has 6 heteroatoms. The second-order valence-corrected chi connectivity index (χ2v) is 6.88. The van der Waals surface area contributed by atoms with Gasteiger partial charge in [0.05, 0.1) is 6.33 Å². The minimum Gasteiger partial charge on any atom is -0.348 e. The smallest absolute Gasteiger partial charge is 0.296 e. The molecule has 0 unspecified atom stereocenters. The van der Waals surface area contributed by atoms with E-state index < -0.39 is 0 Å². The van der Waals surface area contributed by atoms with Gasteiger partial charge in [0.1, 0.15) is 0 Å². The molecule has 0 spiro atoms. The van der Waals surface area contributed by atoms with Crippen LogP contribution < -0.4 is 4.72 Å². The molecular formula is C15H24N4OS. The molecule has 2 aliphatic rings. The third-order valence-electron chi connectivity index (χ3n) is 4.63. The van der Waals surface area contributed by atoms with Crippen LogP contribution in [0.2, 0.25) is 0 Å². The van der Waals surface area contributed by atoms with E-state index in [0.29, 0.717) is 12.0 Å². The third kappa shape index (κ3) is 4.01. The van der Waals surface area contributed by atoms with Crippen molar-refractivity contribution in [1.29, 1.82) is 0 Å². The quantitative estimate of drug-likeness (QED) is 0.841. The van der Waals surface area contributed by atoms with Gasteiger partial charge in [-0.3, -0.25) is 9.52 Å². The monoisotopic (exact) mass is 308 g/mol. The zero-order valence-corrected chi connectivity index (χ0v) is 13.2. The number of carbonyl (C=O) groups excluding carboxylic acids is 1. The lowest BCUT2D eigenvalue weighted by molar-refractivity contribution is 0.205. The molecule has 1 saturated carbocycles. The molecule has 1 amide bonds. The second-order valence-electron chi connectivity index (χ2n) is 6.09. The van der Waals surface area contributed by atoms with Crippen molar-refractivity contribution in [2.24, 2.45) is 0 Å². The van der Waals surface area contributed by atoms with Crippen LogP contribution in [0.3, 0.4) is 0 Å². The molecule has 116 valence electrons. The maximum absolute atomic E-state index is 12.2. The second kappa shape index (κ2) is 7.31. The van der Waals surface area contributed by atoms with Crippen LogP contribution in [0.25, 0.3) is 0 Å². The van der Waals surface area contributed by atoms with E-state index >= 15 is 0 Å². The summed E-state index contributed by atoms with van der Waals surface area (Å²) in [6, 6.07) is 0.523. The molecule has 1 aliphatic carbocycles. The number of nitrogens with zero attached hydrogens (tertiary/aromatic N) is 2. The number of likely N-dealkylation sites (tertiary alicyclic amines) is 1. The van der Waals surface area contributed by atoms with E-state index in [1.165, 1.54) is 49.7 Å². The van der Waals surface area contributed by atoms with Gasteiger partial charge in [-0.2, -0.15) is 0 Å². The van der Waals surface area contributed by atoms with Crippen LogP contribution in [-0.2, 0) is 0 Å². The molecule has 3 rings (SSSR count). The standard InChI is InChI=1S/C15H24N4OS/c20-15(21-18-13-4-2-1-3-5-13)19-8-6-12(7-9-19)14-10-16-11-17-14/h10-13,18H,1-9H2,(H,16,17). The minimum atomic E-state index is 0.184. The summed E-state index contributed by atoms with van der Waals surface area (Å²) < 4.78 is 3.37. The molecule has 1 saturated heterocycles. The molecule has 1 aromatic heterocycles. The number of carbonyl (C=O) groups is 1. The number of aromatic amines is 1. The van der Waals surface area contributed by atoms with Crippen LogP contribution in [0.15, 0.2) is 12.5 Å².